The molecule has 0 amide bonds. The molecule has 0 fully saturated rings. The number of H-pyrrole nitrogens is 1. The lowest BCUT2D eigenvalue weighted by Gasteiger charge is -2.28. The van der Waals surface area contributed by atoms with Crippen LogP contribution in [0.4, 0.5) is 0 Å². The van der Waals surface area contributed by atoms with Gasteiger partial charge in [-0.15, -0.1) is 0 Å². The van der Waals surface area contributed by atoms with E-state index >= 15 is 0 Å². The third-order valence-electron chi connectivity index (χ3n) is 6.05. The molecule has 0 atom stereocenters. The van der Waals surface area contributed by atoms with E-state index in [0.717, 1.165) is 21.0 Å². The average molecular weight is 499 g/mol. The normalized spacial score (nSPS) is 11.2. The van der Waals surface area contributed by atoms with Crippen LogP contribution in [0, 0.1) is 18.3 Å². The molecule has 0 unspecified atom stereocenters. The summed E-state index contributed by atoms with van der Waals surface area (Å²) in [5.41, 5.74) is 2.76. The Balaban J connectivity index is 1.46. The van der Waals surface area contributed by atoms with Gasteiger partial charge in [0.15, 0.2) is 0 Å². The number of rotatable bonds is 7. The maximum atomic E-state index is 12.3. The van der Waals surface area contributed by atoms with Crippen LogP contribution in [-0.2, 0) is 12.0 Å². The predicted octanol–water partition coefficient (Wildman–Crippen LogP) is 5.58. The smallest absolute Gasteiger partial charge is 0.258 e. The summed E-state index contributed by atoms with van der Waals surface area (Å²) in [7, 11) is 1.95. The number of fused-ring (bicyclic) bond motifs is 1. The third-order valence-corrected chi connectivity index (χ3v) is 7.68. The molecule has 0 radical (unpaired) electrons. The summed E-state index contributed by atoms with van der Waals surface area (Å²) in [4.78, 5) is 21.4. The highest BCUT2D eigenvalue weighted by atomic mass is 32.2. The Morgan fingerprint density at radius 1 is 1.09 bits per heavy atom. The Kier molecular flexibility index (Phi) is 7.64. The first-order valence-electron chi connectivity index (χ1n) is 11.3. The van der Waals surface area contributed by atoms with Crippen LogP contribution < -0.4 is 5.56 Å². The molecular weight excluding hydrogens is 472 g/mol. The SMILES string of the molecule is Cc1nc2ccc(CN(C)C(=S)SCCC(C#N)(c3ccccc3)c3ccccc3)cc2c(=O)[nH]1. The molecule has 0 bridgehead atoms. The minimum absolute atomic E-state index is 0.136. The average Bonchev–Trinajstić information content (AvgIpc) is 2.88. The molecule has 3 aromatic carbocycles. The molecule has 0 saturated heterocycles. The lowest BCUT2D eigenvalue weighted by Crippen LogP contribution is -2.28. The molecule has 0 saturated carbocycles. The van der Waals surface area contributed by atoms with Crippen molar-refractivity contribution < 1.29 is 0 Å². The number of thiocarbonyl (C=S) groups is 1. The van der Waals surface area contributed by atoms with E-state index in [1.165, 1.54) is 0 Å². The Bertz CT molecular complexity index is 1390. The zero-order valence-electron chi connectivity index (χ0n) is 19.7. The van der Waals surface area contributed by atoms with Crippen LogP contribution in [0.1, 0.15) is 28.9 Å². The van der Waals surface area contributed by atoms with Crippen LogP contribution in [0.5, 0.6) is 0 Å². The number of aromatic amines is 1. The summed E-state index contributed by atoms with van der Waals surface area (Å²) >= 11 is 7.27. The molecule has 0 aliphatic rings. The Hall–Kier alpha value is -3.47. The number of nitrogens with zero attached hydrogens (tertiary/aromatic N) is 3. The highest BCUT2D eigenvalue weighted by Gasteiger charge is 2.34. The number of nitrogens with one attached hydrogen (secondary N) is 1. The maximum absolute atomic E-state index is 12.3. The van der Waals surface area contributed by atoms with Gasteiger partial charge >= 0.3 is 0 Å². The van der Waals surface area contributed by atoms with Crippen molar-refractivity contribution in [2.45, 2.75) is 25.3 Å². The highest BCUT2D eigenvalue weighted by molar-refractivity contribution is 8.22. The molecule has 4 rings (SSSR count). The minimum Gasteiger partial charge on any atom is -0.356 e. The largest absolute Gasteiger partial charge is 0.356 e. The number of thioether (sulfide) groups is 1. The maximum Gasteiger partial charge on any atom is 0.258 e. The molecule has 1 N–H and O–H groups in total. The van der Waals surface area contributed by atoms with E-state index in [0.29, 0.717) is 35.4 Å². The van der Waals surface area contributed by atoms with Crippen molar-refractivity contribution in [3.63, 3.8) is 0 Å². The second kappa shape index (κ2) is 10.9. The van der Waals surface area contributed by atoms with Crippen molar-refractivity contribution in [3.8, 4) is 6.07 Å². The summed E-state index contributed by atoms with van der Waals surface area (Å²) < 4.78 is 0.744. The predicted molar refractivity (Wildman–Crippen MR) is 148 cm³/mol. The summed E-state index contributed by atoms with van der Waals surface area (Å²) in [5.74, 6) is 1.30. The number of nitriles is 1. The zero-order chi connectivity index (χ0) is 24.8. The second-order valence-corrected chi connectivity index (χ2v) is 10.2. The highest BCUT2D eigenvalue weighted by Crippen LogP contribution is 2.36. The van der Waals surface area contributed by atoms with Crippen molar-refractivity contribution in [2.75, 3.05) is 12.8 Å². The standard InChI is InChI=1S/C28H26N4OS2/c1-20-30-25-14-13-21(17-24(25)26(33)31-20)18-32(2)27(34)35-16-15-28(19-29,22-9-5-3-6-10-22)23-11-7-4-8-12-23/h3-14,17H,15-16,18H2,1-2H3,(H,30,31,33). The van der Waals surface area contributed by atoms with Crippen LogP contribution in [0.2, 0.25) is 0 Å². The van der Waals surface area contributed by atoms with Crippen molar-refractivity contribution in [1.82, 2.24) is 14.9 Å². The Labute approximate surface area is 214 Å². The van der Waals surface area contributed by atoms with Crippen molar-refractivity contribution in [2.24, 2.45) is 0 Å². The molecule has 0 aliphatic heterocycles. The van der Waals surface area contributed by atoms with E-state index in [1.54, 1.807) is 18.7 Å². The molecule has 7 heteroatoms. The monoisotopic (exact) mass is 498 g/mol. The van der Waals surface area contributed by atoms with E-state index in [-0.39, 0.29) is 5.56 Å². The molecule has 1 aromatic heterocycles. The number of hydrogen-bond donors (Lipinski definition) is 1. The van der Waals surface area contributed by atoms with Gasteiger partial charge in [0.1, 0.15) is 15.6 Å². The quantitative estimate of drug-likeness (QED) is 0.335. The lowest BCUT2D eigenvalue weighted by atomic mass is 9.74. The van der Waals surface area contributed by atoms with Crippen LogP contribution in [0.3, 0.4) is 0 Å². The molecule has 176 valence electrons. The van der Waals surface area contributed by atoms with Gasteiger partial charge in [-0.1, -0.05) is 90.7 Å². The van der Waals surface area contributed by atoms with Gasteiger partial charge in [-0.05, 0) is 42.2 Å². The zero-order valence-corrected chi connectivity index (χ0v) is 21.3. The van der Waals surface area contributed by atoms with E-state index in [4.69, 9.17) is 12.2 Å². The van der Waals surface area contributed by atoms with Gasteiger partial charge in [0.25, 0.3) is 5.56 Å². The van der Waals surface area contributed by atoms with Crippen molar-refractivity contribution in [3.05, 3.63) is 112 Å². The fourth-order valence-electron chi connectivity index (χ4n) is 4.23. The van der Waals surface area contributed by atoms with E-state index in [1.807, 2.05) is 90.8 Å². The fraction of sp³-hybridized carbons (Fsp3) is 0.214. The number of hydrogen-bond acceptors (Lipinski definition) is 5. The molecule has 4 aromatic rings. The van der Waals surface area contributed by atoms with E-state index in [2.05, 4.69) is 16.0 Å². The second-order valence-electron chi connectivity index (χ2n) is 8.47. The summed E-state index contributed by atoms with van der Waals surface area (Å²) in [6.07, 6.45) is 0.631. The molecule has 1 heterocycles. The van der Waals surface area contributed by atoms with E-state index in [9.17, 15) is 10.1 Å². The van der Waals surface area contributed by atoms with Gasteiger partial charge in [-0.25, -0.2) is 4.98 Å². The van der Waals surface area contributed by atoms with Crippen LogP contribution in [-0.4, -0.2) is 32.0 Å². The van der Waals surface area contributed by atoms with Gasteiger partial charge in [0, 0.05) is 19.3 Å². The number of aromatic nitrogens is 2. The molecule has 0 spiro atoms. The first kappa shape index (κ1) is 24.6. The van der Waals surface area contributed by atoms with Gasteiger partial charge in [-0.3, -0.25) is 4.79 Å². The van der Waals surface area contributed by atoms with Crippen molar-refractivity contribution >= 4 is 39.2 Å². The molecule has 35 heavy (non-hydrogen) atoms. The Morgan fingerprint density at radius 2 is 1.71 bits per heavy atom. The fourth-order valence-corrected chi connectivity index (χ4v) is 5.41. The summed E-state index contributed by atoms with van der Waals surface area (Å²) in [5, 5.41) is 10.9. The van der Waals surface area contributed by atoms with Gasteiger partial charge in [0.05, 0.1) is 17.0 Å². The number of benzene rings is 3. The van der Waals surface area contributed by atoms with Crippen LogP contribution in [0.15, 0.2) is 83.7 Å². The van der Waals surface area contributed by atoms with E-state index < -0.39 is 5.41 Å². The van der Waals surface area contributed by atoms with Crippen molar-refractivity contribution in [1.29, 1.82) is 5.26 Å². The summed E-state index contributed by atoms with van der Waals surface area (Å²) in [6, 6.07) is 28.2. The lowest BCUT2D eigenvalue weighted by molar-refractivity contribution is 0.519. The van der Waals surface area contributed by atoms with Gasteiger partial charge < -0.3 is 9.88 Å². The molecule has 0 aliphatic carbocycles. The molecule has 5 nitrogen and oxygen atoms in total. The van der Waals surface area contributed by atoms with Gasteiger partial charge in [0.2, 0.25) is 0 Å². The van der Waals surface area contributed by atoms with Crippen LogP contribution in [0.25, 0.3) is 10.9 Å². The Morgan fingerprint density at radius 3 is 2.31 bits per heavy atom. The minimum atomic E-state index is -0.742. The first-order valence-corrected chi connectivity index (χ1v) is 12.7. The third kappa shape index (κ3) is 5.45. The number of aryl methyl sites for hydroxylation is 1. The van der Waals surface area contributed by atoms with Crippen LogP contribution >= 0.6 is 24.0 Å². The molecular formula is C28H26N4OS2. The summed E-state index contributed by atoms with van der Waals surface area (Å²) in [6.45, 7) is 2.35. The first-order chi connectivity index (χ1) is 16.9. The van der Waals surface area contributed by atoms with Gasteiger partial charge in [-0.2, -0.15) is 5.26 Å². The topological polar surface area (TPSA) is 72.8 Å².